The van der Waals surface area contributed by atoms with E-state index in [-0.39, 0.29) is 6.17 Å². The molecule has 0 spiro atoms. The summed E-state index contributed by atoms with van der Waals surface area (Å²) in [5.41, 5.74) is 8.16. The van der Waals surface area contributed by atoms with Crippen LogP contribution < -0.4 is 15.8 Å². The van der Waals surface area contributed by atoms with Gasteiger partial charge in [0.2, 0.25) is 0 Å². The molecule has 0 bridgehead atoms. The topological polar surface area (TPSA) is 27.3 Å². The van der Waals surface area contributed by atoms with E-state index in [9.17, 15) is 0 Å². The molecule has 96 valence electrons. The summed E-state index contributed by atoms with van der Waals surface area (Å²) in [5, 5.41) is 1.35. The Bertz CT molecular complexity index is 603. The van der Waals surface area contributed by atoms with Crippen molar-refractivity contribution >= 4 is 34.6 Å². The number of hydrogen-bond donors (Lipinski definition) is 2. The van der Waals surface area contributed by atoms with Crippen molar-refractivity contribution in [2.75, 3.05) is 4.90 Å². The maximum Gasteiger partial charge on any atom is 0.189 e. The Kier molecular flexibility index (Phi) is 3.38. The van der Waals surface area contributed by atoms with Gasteiger partial charge in [0.1, 0.15) is 6.17 Å². The molecule has 1 aliphatic heterocycles. The number of nitrogens with one attached hydrogen (secondary N) is 2. The summed E-state index contributed by atoms with van der Waals surface area (Å²) in [4.78, 5) is 2.01. The molecule has 2 aromatic carbocycles. The van der Waals surface area contributed by atoms with Crippen molar-refractivity contribution in [3.05, 3.63) is 65.2 Å². The molecule has 19 heavy (non-hydrogen) atoms. The minimum absolute atomic E-state index is 0.108. The van der Waals surface area contributed by atoms with E-state index in [0.717, 1.165) is 11.3 Å². The van der Waals surface area contributed by atoms with Crippen molar-refractivity contribution in [1.82, 2.24) is 10.9 Å². The van der Waals surface area contributed by atoms with Crippen LogP contribution in [0.2, 0.25) is 5.02 Å². The first kappa shape index (κ1) is 12.4. The monoisotopic (exact) mass is 289 g/mol. The minimum atomic E-state index is -0.108. The zero-order valence-electron chi connectivity index (χ0n) is 10.0. The number of benzene rings is 2. The van der Waals surface area contributed by atoms with Crippen LogP contribution in [-0.2, 0) is 0 Å². The first-order valence-electron chi connectivity index (χ1n) is 5.91. The third-order valence-electron chi connectivity index (χ3n) is 3.03. The van der Waals surface area contributed by atoms with Gasteiger partial charge in [-0.1, -0.05) is 48.0 Å². The number of rotatable bonds is 2. The second kappa shape index (κ2) is 5.17. The molecule has 1 unspecified atom stereocenters. The molecule has 2 N–H and O–H groups in total. The van der Waals surface area contributed by atoms with Crippen molar-refractivity contribution in [2.45, 2.75) is 6.17 Å². The molecular formula is C14H12ClN3S. The first-order valence-corrected chi connectivity index (χ1v) is 6.70. The lowest BCUT2D eigenvalue weighted by atomic mass is 10.1. The summed E-state index contributed by atoms with van der Waals surface area (Å²) < 4.78 is 0. The van der Waals surface area contributed by atoms with Crippen LogP contribution in [0.1, 0.15) is 11.7 Å². The van der Waals surface area contributed by atoms with Crippen molar-refractivity contribution in [3.63, 3.8) is 0 Å². The fraction of sp³-hybridized carbons (Fsp3) is 0.0714. The zero-order chi connectivity index (χ0) is 13.2. The van der Waals surface area contributed by atoms with Crippen LogP contribution >= 0.6 is 23.8 Å². The number of hydrazine groups is 1. The fourth-order valence-corrected chi connectivity index (χ4v) is 2.65. The quantitative estimate of drug-likeness (QED) is 0.830. The van der Waals surface area contributed by atoms with Crippen molar-refractivity contribution in [1.29, 1.82) is 0 Å². The van der Waals surface area contributed by atoms with E-state index in [1.807, 2.05) is 59.5 Å². The van der Waals surface area contributed by atoms with Crippen LogP contribution in [0.5, 0.6) is 0 Å². The minimum Gasteiger partial charge on any atom is -0.296 e. The number of thiocarbonyl (C=S) groups is 1. The van der Waals surface area contributed by atoms with E-state index in [2.05, 4.69) is 10.9 Å². The van der Waals surface area contributed by atoms with Crippen LogP contribution in [0, 0.1) is 0 Å². The molecule has 0 radical (unpaired) electrons. The number of anilines is 1. The molecule has 3 nitrogen and oxygen atoms in total. The molecule has 0 amide bonds. The van der Waals surface area contributed by atoms with Gasteiger partial charge in [-0.25, -0.2) is 5.43 Å². The maximum atomic E-state index is 6.27. The fourth-order valence-electron chi connectivity index (χ4n) is 2.14. The Labute approximate surface area is 122 Å². The van der Waals surface area contributed by atoms with Crippen LogP contribution in [0.15, 0.2) is 54.6 Å². The van der Waals surface area contributed by atoms with E-state index < -0.39 is 0 Å². The standard InChI is InChI=1S/C14H12ClN3S/c15-12-9-5-4-8-11(12)13-16-17-14(19)18(13)10-6-2-1-3-7-10/h1-9,13,16H,(H,17,19). The second-order valence-electron chi connectivity index (χ2n) is 4.20. The molecule has 5 heteroatoms. The van der Waals surface area contributed by atoms with E-state index in [1.54, 1.807) is 0 Å². The van der Waals surface area contributed by atoms with Gasteiger partial charge in [-0.3, -0.25) is 10.3 Å². The maximum absolute atomic E-state index is 6.27. The Morgan fingerprint density at radius 1 is 1.00 bits per heavy atom. The Hall–Kier alpha value is -1.62. The average Bonchev–Trinajstić information content (AvgIpc) is 2.82. The number of para-hydroxylation sites is 1. The highest BCUT2D eigenvalue weighted by atomic mass is 35.5. The summed E-state index contributed by atoms with van der Waals surface area (Å²) in [7, 11) is 0. The predicted octanol–water partition coefficient (Wildman–Crippen LogP) is 3.24. The van der Waals surface area contributed by atoms with E-state index in [4.69, 9.17) is 23.8 Å². The normalized spacial score (nSPS) is 18.5. The molecular weight excluding hydrogens is 278 g/mol. The lowest BCUT2D eigenvalue weighted by molar-refractivity contribution is 0.586. The average molecular weight is 290 g/mol. The zero-order valence-corrected chi connectivity index (χ0v) is 11.6. The van der Waals surface area contributed by atoms with Gasteiger partial charge in [0.05, 0.1) is 0 Å². The van der Waals surface area contributed by atoms with Crippen molar-refractivity contribution < 1.29 is 0 Å². The number of hydrogen-bond acceptors (Lipinski definition) is 2. The second-order valence-corrected chi connectivity index (χ2v) is 5.00. The Morgan fingerprint density at radius 2 is 1.68 bits per heavy atom. The largest absolute Gasteiger partial charge is 0.296 e. The lowest BCUT2D eigenvalue weighted by Crippen LogP contribution is -2.29. The molecule has 1 saturated heterocycles. The molecule has 3 rings (SSSR count). The highest BCUT2D eigenvalue weighted by molar-refractivity contribution is 7.80. The summed E-state index contributed by atoms with van der Waals surface area (Å²) in [6.07, 6.45) is -0.108. The van der Waals surface area contributed by atoms with Gasteiger partial charge < -0.3 is 0 Å². The van der Waals surface area contributed by atoms with E-state index >= 15 is 0 Å². The molecule has 1 fully saturated rings. The third kappa shape index (κ3) is 2.30. The van der Waals surface area contributed by atoms with Crippen molar-refractivity contribution in [3.8, 4) is 0 Å². The van der Waals surface area contributed by atoms with E-state index in [1.165, 1.54) is 0 Å². The van der Waals surface area contributed by atoms with E-state index in [0.29, 0.717) is 10.1 Å². The van der Waals surface area contributed by atoms with Gasteiger partial charge in [-0.05, 0) is 30.4 Å². The van der Waals surface area contributed by atoms with Crippen LogP contribution in [-0.4, -0.2) is 5.11 Å². The van der Waals surface area contributed by atoms with Crippen LogP contribution in [0.4, 0.5) is 5.69 Å². The summed E-state index contributed by atoms with van der Waals surface area (Å²) >= 11 is 11.6. The number of halogens is 1. The lowest BCUT2D eigenvalue weighted by Gasteiger charge is -2.25. The van der Waals surface area contributed by atoms with Crippen LogP contribution in [0.3, 0.4) is 0 Å². The first-order chi connectivity index (χ1) is 9.27. The van der Waals surface area contributed by atoms with Crippen LogP contribution in [0.25, 0.3) is 0 Å². The summed E-state index contributed by atoms with van der Waals surface area (Å²) in [5.74, 6) is 0. The summed E-state index contributed by atoms with van der Waals surface area (Å²) in [6.45, 7) is 0. The third-order valence-corrected chi connectivity index (χ3v) is 3.67. The molecule has 1 aliphatic rings. The van der Waals surface area contributed by atoms with Gasteiger partial charge >= 0.3 is 0 Å². The van der Waals surface area contributed by atoms with Gasteiger partial charge in [-0.15, -0.1) is 0 Å². The molecule has 0 aliphatic carbocycles. The molecule has 0 aromatic heterocycles. The SMILES string of the molecule is S=C1NNC(c2ccccc2Cl)N1c1ccccc1. The molecule has 0 saturated carbocycles. The van der Waals surface area contributed by atoms with Gasteiger partial charge in [-0.2, -0.15) is 0 Å². The predicted molar refractivity (Wildman–Crippen MR) is 82.0 cm³/mol. The summed E-state index contributed by atoms with van der Waals surface area (Å²) in [6, 6.07) is 17.7. The smallest absolute Gasteiger partial charge is 0.189 e. The van der Waals surface area contributed by atoms with Crippen molar-refractivity contribution in [2.24, 2.45) is 0 Å². The number of nitrogens with zero attached hydrogens (tertiary/aromatic N) is 1. The molecule has 1 heterocycles. The van der Waals surface area contributed by atoms with Gasteiger partial charge in [0.15, 0.2) is 5.11 Å². The Morgan fingerprint density at radius 3 is 2.42 bits per heavy atom. The molecule has 1 atom stereocenters. The molecule has 2 aromatic rings. The Balaban J connectivity index is 2.02. The van der Waals surface area contributed by atoms with Gasteiger partial charge in [0.25, 0.3) is 0 Å². The highest BCUT2D eigenvalue weighted by Crippen LogP contribution is 2.31. The van der Waals surface area contributed by atoms with Gasteiger partial charge in [0, 0.05) is 16.3 Å². The highest BCUT2D eigenvalue weighted by Gasteiger charge is 2.31.